The molecule has 0 fully saturated rings. The van der Waals surface area contributed by atoms with Crippen LogP contribution in [0, 0.1) is 0 Å². The topological polar surface area (TPSA) is 26.0 Å². The molecule has 0 spiro atoms. The van der Waals surface area contributed by atoms with Gasteiger partial charge in [-0.05, 0) is 0 Å². The zero-order chi connectivity index (χ0) is 9.35. The van der Waals surface area contributed by atoms with Crippen LogP contribution in [-0.4, -0.2) is 5.16 Å². The summed E-state index contributed by atoms with van der Waals surface area (Å²) < 4.78 is 40.3. The third-order valence-electron chi connectivity index (χ3n) is 1.39. The molecule has 2 nitrogen and oxygen atoms in total. The van der Waals surface area contributed by atoms with E-state index in [0.717, 1.165) is 6.07 Å². The Bertz CT molecular complexity index is 264. The zero-order valence-electron chi connectivity index (χ0n) is 6.64. The Morgan fingerprint density at radius 2 is 2.00 bits per heavy atom. The van der Waals surface area contributed by atoms with Crippen molar-refractivity contribution in [1.29, 1.82) is 0 Å². The number of halogens is 3. The fraction of sp³-hybridized carbons (Fsp3) is 0.571. The second-order valence-electron chi connectivity index (χ2n) is 2.77. The summed E-state index contributed by atoms with van der Waals surface area (Å²) in [5, 5.41) is 2.91. The van der Waals surface area contributed by atoms with Gasteiger partial charge in [0.05, 0.1) is 0 Å². The minimum absolute atomic E-state index is 0.0754. The Morgan fingerprint density at radius 3 is 2.25 bits per heavy atom. The van der Waals surface area contributed by atoms with Crippen LogP contribution in [0.2, 0.25) is 0 Å². The molecule has 0 unspecified atom stereocenters. The maximum absolute atomic E-state index is 11.9. The maximum atomic E-state index is 11.9. The molecule has 1 rings (SSSR count). The van der Waals surface area contributed by atoms with E-state index in [1.807, 2.05) is 0 Å². The van der Waals surface area contributed by atoms with Gasteiger partial charge in [-0.2, -0.15) is 13.2 Å². The fourth-order valence-corrected chi connectivity index (χ4v) is 0.695. The van der Waals surface area contributed by atoms with Crippen LogP contribution in [-0.2, 0) is 6.18 Å². The van der Waals surface area contributed by atoms with E-state index in [2.05, 4.69) is 9.68 Å². The van der Waals surface area contributed by atoms with Crippen molar-refractivity contribution in [3.8, 4) is 0 Å². The van der Waals surface area contributed by atoms with Gasteiger partial charge in [-0.25, -0.2) is 0 Å². The van der Waals surface area contributed by atoms with Gasteiger partial charge in [0.2, 0.25) is 0 Å². The number of alkyl halides is 3. The normalized spacial score (nSPS) is 12.5. The Morgan fingerprint density at radius 1 is 1.42 bits per heavy atom. The number of hydrogen-bond acceptors (Lipinski definition) is 2. The summed E-state index contributed by atoms with van der Waals surface area (Å²) in [5.41, 5.74) is -0.966. The smallest absolute Gasteiger partial charge is 0.361 e. The van der Waals surface area contributed by atoms with E-state index in [4.69, 9.17) is 0 Å². The van der Waals surface area contributed by atoms with Crippen LogP contribution < -0.4 is 0 Å². The molecule has 0 saturated carbocycles. The summed E-state index contributed by atoms with van der Waals surface area (Å²) in [4.78, 5) is 0. The predicted molar refractivity (Wildman–Crippen MR) is 35.6 cm³/mol. The summed E-state index contributed by atoms with van der Waals surface area (Å²) >= 11 is 0. The average Bonchev–Trinajstić information content (AvgIpc) is 2.30. The maximum Gasteiger partial charge on any atom is 0.436 e. The van der Waals surface area contributed by atoms with E-state index in [1.54, 1.807) is 13.8 Å². The monoisotopic (exact) mass is 179 g/mol. The lowest BCUT2D eigenvalue weighted by Crippen LogP contribution is -2.04. The molecule has 68 valence electrons. The van der Waals surface area contributed by atoms with Crippen molar-refractivity contribution >= 4 is 0 Å². The lowest BCUT2D eigenvalue weighted by molar-refractivity contribution is -0.142. The SMILES string of the molecule is CC(C)c1cc(C(F)(F)F)no1. The molecule has 12 heavy (non-hydrogen) atoms. The number of aromatic nitrogens is 1. The molecule has 0 radical (unpaired) electrons. The van der Waals surface area contributed by atoms with Crippen LogP contribution in [0.5, 0.6) is 0 Å². The molecule has 0 bridgehead atoms. The molecule has 1 heterocycles. The molecular weight excluding hydrogens is 171 g/mol. The Balaban J connectivity index is 2.92. The number of nitrogens with zero attached hydrogens (tertiary/aromatic N) is 1. The van der Waals surface area contributed by atoms with Crippen molar-refractivity contribution in [3.63, 3.8) is 0 Å². The van der Waals surface area contributed by atoms with E-state index in [9.17, 15) is 13.2 Å². The summed E-state index contributed by atoms with van der Waals surface area (Å²) in [7, 11) is 0. The molecule has 0 aliphatic rings. The average molecular weight is 179 g/mol. The van der Waals surface area contributed by atoms with Gasteiger partial charge in [0.1, 0.15) is 5.76 Å². The van der Waals surface area contributed by atoms with Gasteiger partial charge >= 0.3 is 6.18 Å². The van der Waals surface area contributed by atoms with Gasteiger partial charge in [-0.15, -0.1) is 0 Å². The van der Waals surface area contributed by atoms with Gasteiger partial charge in [-0.1, -0.05) is 19.0 Å². The molecule has 0 atom stereocenters. The highest BCUT2D eigenvalue weighted by atomic mass is 19.4. The molecule has 1 aromatic rings. The molecule has 5 heteroatoms. The van der Waals surface area contributed by atoms with Crippen LogP contribution >= 0.6 is 0 Å². The molecule has 0 saturated heterocycles. The molecule has 0 N–H and O–H groups in total. The van der Waals surface area contributed by atoms with Crippen LogP contribution in [0.4, 0.5) is 13.2 Å². The van der Waals surface area contributed by atoms with E-state index < -0.39 is 11.9 Å². The highest BCUT2D eigenvalue weighted by molar-refractivity contribution is 5.10. The first-order chi connectivity index (χ1) is 5.41. The van der Waals surface area contributed by atoms with Crippen LogP contribution in [0.1, 0.15) is 31.2 Å². The summed E-state index contributed by atoms with van der Waals surface area (Å²) in [5.74, 6) is 0.177. The van der Waals surface area contributed by atoms with E-state index in [-0.39, 0.29) is 11.7 Å². The Labute approximate surface area is 67.4 Å². The van der Waals surface area contributed by atoms with Gasteiger partial charge in [0.15, 0.2) is 5.69 Å². The summed E-state index contributed by atoms with van der Waals surface area (Å²) in [6, 6.07) is 0.921. The van der Waals surface area contributed by atoms with Crippen molar-refractivity contribution in [2.24, 2.45) is 0 Å². The molecule has 0 amide bonds. The minimum Gasteiger partial charge on any atom is -0.361 e. The first-order valence-corrected chi connectivity index (χ1v) is 3.45. The van der Waals surface area contributed by atoms with Crippen molar-refractivity contribution < 1.29 is 17.7 Å². The quantitative estimate of drug-likeness (QED) is 0.662. The Hall–Kier alpha value is -1.00. The minimum atomic E-state index is -4.41. The highest BCUT2D eigenvalue weighted by Gasteiger charge is 2.35. The van der Waals surface area contributed by atoms with Crippen molar-refractivity contribution in [1.82, 2.24) is 5.16 Å². The zero-order valence-corrected chi connectivity index (χ0v) is 6.64. The standard InChI is InChI=1S/C7H8F3NO/c1-4(2)5-3-6(11-12-5)7(8,9)10/h3-4H,1-2H3. The third kappa shape index (κ3) is 1.78. The third-order valence-corrected chi connectivity index (χ3v) is 1.39. The number of rotatable bonds is 1. The van der Waals surface area contributed by atoms with Crippen LogP contribution in [0.15, 0.2) is 10.6 Å². The fourth-order valence-electron chi connectivity index (χ4n) is 0.695. The van der Waals surface area contributed by atoms with E-state index in [0.29, 0.717) is 0 Å². The molecule has 0 aromatic carbocycles. The van der Waals surface area contributed by atoms with Gasteiger partial charge < -0.3 is 4.52 Å². The summed E-state index contributed by atoms with van der Waals surface area (Å²) in [6.45, 7) is 3.47. The second-order valence-corrected chi connectivity index (χ2v) is 2.77. The lowest BCUT2D eigenvalue weighted by atomic mass is 10.1. The lowest BCUT2D eigenvalue weighted by Gasteiger charge is -1.97. The largest absolute Gasteiger partial charge is 0.436 e. The molecule has 1 aromatic heterocycles. The predicted octanol–water partition coefficient (Wildman–Crippen LogP) is 2.82. The molecule has 0 aliphatic carbocycles. The van der Waals surface area contributed by atoms with Crippen LogP contribution in [0.25, 0.3) is 0 Å². The first-order valence-electron chi connectivity index (χ1n) is 3.45. The molecular formula is C7H8F3NO. The van der Waals surface area contributed by atoms with Crippen molar-refractivity contribution in [3.05, 3.63) is 17.5 Å². The van der Waals surface area contributed by atoms with Crippen molar-refractivity contribution in [2.75, 3.05) is 0 Å². The van der Waals surface area contributed by atoms with Crippen LogP contribution in [0.3, 0.4) is 0 Å². The summed E-state index contributed by atoms with van der Waals surface area (Å²) in [6.07, 6.45) is -4.41. The number of hydrogen-bond donors (Lipinski definition) is 0. The second kappa shape index (κ2) is 2.80. The molecule has 0 aliphatic heterocycles. The van der Waals surface area contributed by atoms with Crippen molar-refractivity contribution in [2.45, 2.75) is 25.9 Å². The van der Waals surface area contributed by atoms with E-state index >= 15 is 0 Å². The first kappa shape index (κ1) is 9.09. The van der Waals surface area contributed by atoms with Gasteiger partial charge in [-0.3, -0.25) is 0 Å². The Kier molecular flexibility index (Phi) is 2.12. The van der Waals surface area contributed by atoms with E-state index in [1.165, 1.54) is 0 Å². The highest BCUT2D eigenvalue weighted by Crippen LogP contribution is 2.29. The van der Waals surface area contributed by atoms with Gasteiger partial charge in [0.25, 0.3) is 0 Å². The van der Waals surface area contributed by atoms with Gasteiger partial charge in [0, 0.05) is 12.0 Å².